The van der Waals surface area contributed by atoms with Crippen molar-refractivity contribution in [1.29, 1.82) is 0 Å². The maximum absolute atomic E-state index is 13.3. The molecule has 7 nitrogen and oxygen atoms in total. The molecule has 34 heavy (non-hydrogen) atoms. The van der Waals surface area contributed by atoms with Crippen molar-refractivity contribution in [3.63, 3.8) is 0 Å². The van der Waals surface area contributed by atoms with Crippen LogP contribution in [0.1, 0.15) is 65.5 Å². The number of imidazole rings is 1. The van der Waals surface area contributed by atoms with Crippen LogP contribution in [0.5, 0.6) is 0 Å². The Morgan fingerprint density at radius 2 is 1.88 bits per heavy atom. The van der Waals surface area contributed by atoms with E-state index in [1.165, 1.54) is 0 Å². The fourth-order valence-corrected chi connectivity index (χ4v) is 5.23. The first-order chi connectivity index (χ1) is 16.3. The van der Waals surface area contributed by atoms with Gasteiger partial charge >= 0.3 is 0 Å². The molecule has 0 radical (unpaired) electrons. The van der Waals surface area contributed by atoms with Crippen LogP contribution in [0.4, 0.5) is 0 Å². The molecule has 0 aliphatic carbocycles. The van der Waals surface area contributed by atoms with E-state index in [0.717, 1.165) is 45.5 Å². The topological polar surface area (TPSA) is 89.9 Å². The summed E-state index contributed by atoms with van der Waals surface area (Å²) in [5, 5.41) is 0. The van der Waals surface area contributed by atoms with Crippen molar-refractivity contribution in [3.05, 3.63) is 77.1 Å². The van der Waals surface area contributed by atoms with Crippen LogP contribution < -0.4 is 5.73 Å². The van der Waals surface area contributed by atoms with Gasteiger partial charge in [0.2, 0.25) is 0 Å². The Labute approximate surface area is 197 Å². The average molecular weight is 449 g/mol. The summed E-state index contributed by atoms with van der Waals surface area (Å²) in [6, 6.07) is 11.6. The van der Waals surface area contributed by atoms with Crippen LogP contribution in [0.2, 0.25) is 0 Å². The molecule has 168 valence electrons. The van der Waals surface area contributed by atoms with Crippen LogP contribution >= 0.6 is 0 Å². The first-order valence-corrected chi connectivity index (χ1v) is 11.3. The van der Waals surface area contributed by atoms with Gasteiger partial charge in [0.25, 0.3) is 5.91 Å². The molecule has 2 aliphatic rings. The third kappa shape index (κ3) is 2.82. The average Bonchev–Trinajstić information content (AvgIpc) is 3.36. The number of carbonyl (C=O) groups excluding carboxylic acids is 1. The van der Waals surface area contributed by atoms with E-state index in [4.69, 9.17) is 17.1 Å². The molecule has 2 unspecified atom stereocenters. The summed E-state index contributed by atoms with van der Waals surface area (Å²) >= 11 is 0. The third-order valence-electron chi connectivity index (χ3n) is 6.95. The number of amides is 1. The van der Waals surface area contributed by atoms with Crippen molar-refractivity contribution in [1.82, 2.24) is 24.4 Å². The monoisotopic (exact) mass is 448 g/mol. The lowest BCUT2D eigenvalue weighted by Crippen LogP contribution is -2.31. The number of rotatable bonds is 2. The normalized spacial score (nSPS) is 19.0. The molecule has 2 aromatic carbocycles. The standard InChI is InChI=1S/C27H24N6O/c1-5-15-7-6-8-18-23(15)21-12-22(32(4)25(18)34)24-31-19-10-9-16(11-20(19)33(21)24)17-13-29-26(30-14-17)27(2,3)28/h1,6-11,13-14,21-22H,12,28H2,2-4H3. The van der Waals surface area contributed by atoms with E-state index in [0.29, 0.717) is 11.4 Å². The number of fused-ring (bicyclic) bond motifs is 9. The molecule has 2 aromatic heterocycles. The minimum absolute atomic E-state index is 0.0151. The second-order valence-electron chi connectivity index (χ2n) is 9.66. The van der Waals surface area contributed by atoms with Gasteiger partial charge in [-0.2, -0.15) is 0 Å². The molecular weight excluding hydrogens is 424 g/mol. The summed E-state index contributed by atoms with van der Waals surface area (Å²) in [4.78, 5) is 28.9. The largest absolute Gasteiger partial charge is 0.331 e. The van der Waals surface area contributed by atoms with Crippen molar-refractivity contribution < 1.29 is 4.79 Å². The van der Waals surface area contributed by atoms with E-state index in [1.54, 1.807) is 17.3 Å². The maximum Gasteiger partial charge on any atom is 0.254 e. The van der Waals surface area contributed by atoms with Crippen molar-refractivity contribution in [2.45, 2.75) is 37.9 Å². The number of aromatic nitrogens is 4. The lowest BCUT2D eigenvalue weighted by atomic mass is 9.93. The molecule has 0 saturated heterocycles. The number of nitrogens with two attached hydrogens (primary N) is 1. The predicted octanol–water partition coefficient (Wildman–Crippen LogP) is 3.79. The van der Waals surface area contributed by atoms with Gasteiger partial charge in [0.05, 0.1) is 28.7 Å². The van der Waals surface area contributed by atoms with Crippen molar-refractivity contribution in [3.8, 4) is 23.5 Å². The Morgan fingerprint density at radius 1 is 1.12 bits per heavy atom. The third-order valence-corrected chi connectivity index (χ3v) is 6.95. The highest BCUT2D eigenvalue weighted by Crippen LogP contribution is 2.48. The number of carbonyl (C=O) groups is 1. The molecule has 2 aliphatic heterocycles. The zero-order chi connectivity index (χ0) is 23.8. The lowest BCUT2D eigenvalue weighted by Gasteiger charge is -2.24. The van der Waals surface area contributed by atoms with Crippen molar-refractivity contribution in [2.75, 3.05) is 7.05 Å². The van der Waals surface area contributed by atoms with E-state index in [1.807, 2.05) is 51.2 Å². The van der Waals surface area contributed by atoms with Gasteiger partial charge in [-0.1, -0.05) is 18.1 Å². The molecule has 4 heterocycles. The number of hydrogen-bond acceptors (Lipinski definition) is 5. The van der Waals surface area contributed by atoms with Gasteiger partial charge in [0.1, 0.15) is 11.6 Å². The molecule has 4 aromatic rings. The van der Waals surface area contributed by atoms with Gasteiger partial charge in [-0.05, 0) is 43.7 Å². The first-order valence-electron chi connectivity index (χ1n) is 11.3. The zero-order valence-corrected chi connectivity index (χ0v) is 19.3. The molecule has 1 amide bonds. The van der Waals surface area contributed by atoms with E-state index in [2.05, 4.69) is 26.5 Å². The van der Waals surface area contributed by atoms with Crippen molar-refractivity contribution >= 4 is 16.9 Å². The van der Waals surface area contributed by atoms with E-state index >= 15 is 0 Å². The second-order valence-corrected chi connectivity index (χ2v) is 9.66. The molecule has 2 bridgehead atoms. The second kappa shape index (κ2) is 6.99. The summed E-state index contributed by atoms with van der Waals surface area (Å²) in [5.74, 6) is 4.27. The van der Waals surface area contributed by atoms with Crippen LogP contribution in [0.25, 0.3) is 22.2 Å². The number of benzene rings is 2. The maximum atomic E-state index is 13.3. The highest BCUT2D eigenvalue weighted by atomic mass is 16.2. The molecule has 0 spiro atoms. The highest BCUT2D eigenvalue weighted by molar-refractivity contribution is 5.98. The van der Waals surface area contributed by atoms with Gasteiger partial charge in [-0.25, -0.2) is 15.0 Å². The first kappa shape index (κ1) is 20.6. The van der Waals surface area contributed by atoms with Crippen LogP contribution in [0.3, 0.4) is 0 Å². The fourth-order valence-electron chi connectivity index (χ4n) is 5.23. The summed E-state index contributed by atoms with van der Waals surface area (Å²) in [7, 11) is 1.85. The Morgan fingerprint density at radius 3 is 2.59 bits per heavy atom. The van der Waals surface area contributed by atoms with Gasteiger partial charge in [0, 0.05) is 48.1 Å². The minimum Gasteiger partial charge on any atom is -0.331 e. The van der Waals surface area contributed by atoms with E-state index in [9.17, 15) is 4.79 Å². The smallest absolute Gasteiger partial charge is 0.254 e. The molecule has 0 fully saturated rings. The zero-order valence-electron chi connectivity index (χ0n) is 19.3. The van der Waals surface area contributed by atoms with E-state index in [-0.39, 0.29) is 18.0 Å². The Hall–Kier alpha value is -4.02. The lowest BCUT2D eigenvalue weighted by molar-refractivity contribution is 0.0734. The van der Waals surface area contributed by atoms with Gasteiger partial charge in [0.15, 0.2) is 0 Å². The van der Waals surface area contributed by atoms with Gasteiger partial charge < -0.3 is 15.2 Å². The summed E-state index contributed by atoms with van der Waals surface area (Å²) in [5.41, 5.74) is 11.6. The molecule has 6 rings (SSSR count). The Kier molecular flexibility index (Phi) is 4.23. The quantitative estimate of drug-likeness (QED) is 0.471. The minimum atomic E-state index is -0.601. The van der Waals surface area contributed by atoms with Crippen LogP contribution in [-0.4, -0.2) is 37.4 Å². The van der Waals surface area contributed by atoms with Crippen LogP contribution in [-0.2, 0) is 5.54 Å². The predicted molar refractivity (Wildman–Crippen MR) is 130 cm³/mol. The SMILES string of the molecule is C#Cc1cccc2c1C1CC(c3nc4ccc(-c5cnc(C(C)(C)N)nc5)cc4n31)N(C)C2=O. The van der Waals surface area contributed by atoms with Crippen LogP contribution in [0, 0.1) is 12.3 Å². The van der Waals surface area contributed by atoms with Gasteiger partial charge in [-0.15, -0.1) is 6.42 Å². The number of terminal acetylenes is 1. The Bertz CT molecular complexity index is 1520. The summed E-state index contributed by atoms with van der Waals surface area (Å²) < 4.78 is 2.25. The van der Waals surface area contributed by atoms with E-state index < -0.39 is 5.54 Å². The van der Waals surface area contributed by atoms with Gasteiger partial charge in [-0.3, -0.25) is 4.79 Å². The Balaban J connectivity index is 1.54. The molecule has 0 saturated carbocycles. The molecule has 2 N–H and O–H groups in total. The summed E-state index contributed by atoms with van der Waals surface area (Å²) in [6.45, 7) is 3.77. The van der Waals surface area contributed by atoms with Crippen molar-refractivity contribution in [2.24, 2.45) is 5.73 Å². The number of nitrogens with zero attached hydrogens (tertiary/aromatic N) is 5. The molecule has 7 heteroatoms. The molecular formula is C27H24N6O. The fraction of sp³-hybridized carbons (Fsp3) is 0.259. The molecule has 2 atom stereocenters. The highest BCUT2D eigenvalue weighted by Gasteiger charge is 2.44. The number of hydrogen-bond donors (Lipinski definition) is 1. The van der Waals surface area contributed by atoms with Crippen LogP contribution in [0.15, 0.2) is 48.8 Å². The summed E-state index contributed by atoms with van der Waals surface area (Å²) in [6.07, 6.45) is 10.2.